The first-order chi connectivity index (χ1) is 10.8. The molecule has 23 heavy (non-hydrogen) atoms. The number of aromatic hydroxyl groups is 1. The maximum Gasteiger partial charge on any atom is 0.317 e. The van der Waals surface area contributed by atoms with Crippen molar-refractivity contribution < 1.29 is 14.7 Å². The number of hydrogen-bond donors (Lipinski definition) is 2. The van der Waals surface area contributed by atoms with Crippen molar-refractivity contribution >= 4 is 11.9 Å². The zero-order chi connectivity index (χ0) is 17.0. The highest BCUT2D eigenvalue weighted by Crippen LogP contribution is 2.15. The summed E-state index contributed by atoms with van der Waals surface area (Å²) in [4.78, 5) is 27.9. The van der Waals surface area contributed by atoms with Gasteiger partial charge in [0.1, 0.15) is 5.75 Å². The number of urea groups is 1. The fourth-order valence-electron chi connectivity index (χ4n) is 2.39. The minimum absolute atomic E-state index is 0.0444. The smallest absolute Gasteiger partial charge is 0.317 e. The number of nitrogens with zero attached hydrogens (tertiary/aromatic N) is 2. The first-order valence-electron chi connectivity index (χ1n) is 7.87. The van der Waals surface area contributed by atoms with E-state index in [2.05, 4.69) is 26.1 Å². The van der Waals surface area contributed by atoms with E-state index in [9.17, 15) is 14.7 Å². The van der Waals surface area contributed by atoms with Gasteiger partial charge in [-0.15, -0.1) is 0 Å². The molecule has 1 aromatic carbocycles. The van der Waals surface area contributed by atoms with Crippen LogP contribution in [-0.4, -0.2) is 59.6 Å². The Morgan fingerprint density at radius 3 is 2.30 bits per heavy atom. The van der Waals surface area contributed by atoms with Gasteiger partial charge in [0.25, 0.3) is 5.91 Å². The molecule has 6 heteroatoms. The topological polar surface area (TPSA) is 72.9 Å². The zero-order valence-corrected chi connectivity index (χ0v) is 14.0. The summed E-state index contributed by atoms with van der Waals surface area (Å²) in [6.45, 7) is 8.85. The van der Waals surface area contributed by atoms with E-state index in [1.807, 2.05) is 0 Å². The fraction of sp³-hybridized carbons (Fsp3) is 0.529. The molecule has 2 rings (SSSR count). The second kappa shape index (κ2) is 6.89. The standard InChI is InChI=1S/C17H25N3O3/c1-17(2,3)12-18-16(23)20-9-7-19(8-10-20)15(22)13-5-4-6-14(21)11-13/h4-6,11,21H,7-10,12H2,1-3H3,(H,18,23). The molecule has 126 valence electrons. The number of hydrogen-bond acceptors (Lipinski definition) is 3. The van der Waals surface area contributed by atoms with Crippen LogP contribution < -0.4 is 5.32 Å². The molecule has 0 bridgehead atoms. The van der Waals surface area contributed by atoms with E-state index in [-0.39, 0.29) is 23.1 Å². The van der Waals surface area contributed by atoms with E-state index in [1.165, 1.54) is 12.1 Å². The maximum atomic E-state index is 12.4. The van der Waals surface area contributed by atoms with Crippen LogP contribution in [0.3, 0.4) is 0 Å². The first-order valence-corrected chi connectivity index (χ1v) is 7.87. The summed E-state index contributed by atoms with van der Waals surface area (Å²) >= 11 is 0. The minimum Gasteiger partial charge on any atom is -0.508 e. The molecule has 2 N–H and O–H groups in total. The molecule has 1 aliphatic heterocycles. The van der Waals surface area contributed by atoms with Crippen LogP contribution >= 0.6 is 0 Å². The molecular weight excluding hydrogens is 294 g/mol. The number of carbonyl (C=O) groups excluding carboxylic acids is 2. The Hall–Kier alpha value is -2.24. The normalized spacial score (nSPS) is 15.4. The van der Waals surface area contributed by atoms with Crippen molar-refractivity contribution in [1.29, 1.82) is 0 Å². The number of amides is 3. The Labute approximate surface area is 137 Å². The van der Waals surface area contributed by atoms with Crippen molar-refractivity contribution in [3.8, 4) is 5.75 Å². The summed E-state index contributed by atoms with van der Waals surface area (Å²) in [6, 6.07) is 6.26. The molecule has 6 nitrogen and oxygen atoms in total. The van der Waals surface area contributed by atoms with Crippen LogP contribution in [0, 0.1) is 5.41 Å². The van der Waals surface area contributed by atoms with E-state index in [0.717, 1.165) is 0 Å². The third-order valence-corrected chi connectivity index (χ3v) is 3.72. The Bertz CT molecular complexity index is 573. The van der Waals surface area contributed by atoms with Crippen molar-refractivity contribution in [2.75, 3.05) is 32.7 Å². The second-order valence-electron chi connectivity index (χ2n) is 7.05. The van der Waals surface area contributed by atoms with Crippen molar-refractivity contribution in [3.05, 3.63) is 29.8 Å². The van der Waals surface area contributed by atoms with Crippen LogP contribution in [0.25, 0.3) is 0 Å². The van der Waals surface area contributed by atoms with Crippen LogP contribution in [0.5, 0.6) is 5.75 Å². The van der Waals surface area contributed by atoms with Crippen LogP contribution in [0.1, 0.15) is 31.1 Å². The van der Waals surface area contributed by atoms with Gasteiger partial charge in [-0.05, 0) is 23.6 Å². The lowest BCUT2D eigenvalue weighted by Crippen LogP contribution is -2.53. The lowest BCUT2D eigenvalue weighted by atomic mass is 9.97. The van der Waals surface area contributed by atoms with Gasteiger partial charge in [-0.3, -0.25) is 4.79 Å². The highest BCUT2D eigenvalue weighted by Gasteiger charge is 2.25. The van der Waals surface area contributed by atoms with Gasteiger partial charge in [-0.2, -0.15) is 0 Å². The SMILES string of the molecule is CC(C)(C)CNC(=O)N1CCN(C(=O)c2cccc(O)c2)CC1. The summed E-state index contributed by atoms with van der Waals surface area (Å²) in [5.74, 6) is -0.0355. The molecule has 1 aliphatic rings. The molecule has 1 heterocycles. The molecule has 0 radical (unpaired) electrons. The van der Waals surface area contributed by atoms with Gasteiger partial charge in [0.05, 0.1) is 0 Å². The van der Waals surface area contributed by atoms with Crippen LogP contribution in [-0.2, 0) is 0 Å². The maximum absolute atomic E-state index is 12.4. The summed E-state index contributed by atoms with van der Waals surface area (Å²) in [7, 11) is 0. The largest absolute Gasteiger partial charge is 0.508 e. The number of carbonyl (C=O) groups is 2. The van der Waals surface area contributed by atoms with Gasteiger partial charge in [-0.25, -0.2) is 4.79 Å². The van der Waals surface area contributed by atoms with E-state index >= 15 is 0 Å². The molecule has 1 saturated heterocycles. The van der Waals surface area contributed by atoms with E-state index < -0.39 is 0 Å². The van der Waals surface area contributed by atoms with Crippen molar-refractivity contribution in [2.45, 2.75) is 20.8 Å². The second-order valence-corrected chi connectivity index (χ2v) is 7.05. The molecule has 0 saturated carbocycles. The van der Waals surface area contributed by atoms with Crippen molar-refractivity contribution in [3.63, 3.8) is 0 Å². The first kappa shape index (κ1) is 17.1. The minimum atomic E-state index is -0.115. The summed E-state index contributed by atoms with van der Waals surface area (Å²) in [5.41, 5.74) is 0.513. The summed E-state index contributed by atoms with van der Waals surface area (Å²) in [5, 5.41) is 12.4. The quantitative estimate of drug-likeness (QED) is 0.874. The Kier molecular flexibility index (Phi) is 5.13. The number of rotatable bonds is 2. The molecular formula is C17H25N3O3. The summed E-state index contributed by atoms with van der Waals surface area (Å²) < 4.78 is 0. The van der Waals surface area contributed by atoms with Gasteiger partial charge < -0.3 is 20.2 Å². The highest BCUT2D eigenvalue weighted by molar-refractivity contribution is 5.94. The monoisotopic (exact) mass is 319 g/mol. The number of nitrogens with one attached hydrogen (secondary N) is 1. The third-order valence-electron chi connectivity index (χ3n) is 3.72. The Morgan fingerprint density at radius 1 is 1.13 bits per heavy atom. The molecule has 0 unspecified atom stereocenters. The predicted octanol–water partition coefficient (Wildman–Crippen LogP) is 1.91. The van der Waals surface area contributed by atoms with Gasteiger partial charge in [0.15, 0.2) is 0 Å². The number of piperazine rings is 1. The van der Waals surface area contributed by atoms with Gasteiger partial charge >= 0.3 is 6.03 Å². The number of phenolic OH excluding ortho intramolecular Hbond substituents is 1. The average molecular weight is 319 g/mol. The molecule has 0 aliphatic carbocycles. The predicted molar refractivity (Wildman–Crippen MR) is 88.4 cm³/mol. The Morgan fingerprint density at radius 2 is 1.74 bits per heavy atom. The van der Waals surface area contributed by atoms with Gasteiger partial charge in [-0.1, -0.05) is 26.8 Å². The number of benzene rings is 1. The molecule has 0 spiro atoms. The third kappa shape index (κ3) is 4.87. The summed E-state index contributed by atoms with van der Waals surface area (Å²) in [6.07, 6.45) is 0. The van der Waals surface area contributed by atoms with Gasteiger partial charge in [0.2, 0.25) is 0 Å². The lowest BCUT2D eigenvalue weighted by Gasteiger charge is -2.35. The van der Waals surface area contributed by atoms with Crippen LogP contribution in [0.4, 0.5) is 4.79 Å². The molecule has 1 aromatic rings. The lowest BCUT2D eigenvalue weighted by molar-refractivity contribution is 0.0663. The molecule has 0 aromatic heterocycles. The fourth-order valence-corrected chi connectivity index (χ4v) is 2.39. The van der Waals surface area contributed by atoms with Crippen LogP contribution in [0.15, 0.2) is 24.3 Å². The van der Waals surface area contributed by atoms with Crippen molar-refractivity contribution in [1.82, 2.24) is 15.1 Å². The Balaban J connectivity index is 1.86. The van der Waals surface area contributed by atoms with Crippen molar-refractivity contribution in [2.24, 2.45) is 5.41 Å². The van der Waals surface area contributed by atoms with Gasteiger partial charge in [0, 0.05) is 38.3 Å². The van der Waals surface area contributed by atoms with E-state index in [4.69, 9.17) is 0 Å². The molecule has 0 atom stereocenters. The average Bonchev–Trinajstić information content (AvgIpc) is 2.51. The molecule has 1 fully saturated rings. The highest BCUT2D eigenvalue weighted by atomic mass is 16.3. The van der Waals surface area contributed by atoms with E-state index in [1.54, 1.807) is 21.9 Å². The molecule has 3 amide bonds. The van der Waals surface area contributed by atoms with Crippen LogP contribution in [0.2, 0.25) is 0 Å². The van der Waals surface area contributed by atoms with E-state index in [0.29, 0.717) is 38.3 Å². The number of phenols is 1. The zero-order valence-electron chi connectivity index (χ0n) is 14.0.